The monoisotopic (exact) mass is 249 g/mol. The van der Waals surface area contributed by atoms with Gasteiger partial charge in [0.15, 0.2) is 0 Å². The fourth-order valence-corrected chi connectivity index (χ4v) is 2.92. The summed E-state index contributed by atoms with van der Waals surface area (Å²) in [4.78, 5) is 0. The molecule has 0 aliphatic carbocycles. The van der Waals surface area contributed by atoms with Crippen LogP contribution in [0.15, 0.2) is 18.2 Å². The van der Waals surface area contributed by atoms with Gasteiger partial charge in [0.05, 0.1) is 18.8 Å². The Morgan fingerprint density at radius 2 is 2.22 bits per heavy atom. The lowest BCUT2D eigenvalue weighted by Crippen LogP contribution is -2.40. The minimum absolute atomic E-state index is 0.103. The van der Waals surface area contributed by atoms with Crippen molar-refractivity contribution in [1.29, 1.82) is 0 Å². The summed E-state index contributed by atoms with van der Waals surface area (Å²) in [5.74, 6) is 0.906. The van der Waals surface area contributed by atoms with E-state index in [2.05, 4.69) is 31.3 Å². The molecule has 100 valence electrons. The molecule has 1 aromatic carbocycles. The molecule has 0 spiro atoms. The van der Waals surface area contributed by atoms with E-state index >= 15 is 0 Å². The summed E-state index contributed by atoms with van der Waals surface area (Å²) in [6.07, 6.45) is 2.24. The Morgan fingerprint density at radius 1 is 1.44 bits per heavy atom. The molecule has 1 aliphatic rings. The van der Waals surface area contributed by atoms with Crippen molar-refractivity contribution in [3.05, 3.63) is 29.3 Å². The molecule has 0 amide bonds. The summed E-state index contributed by atoms with van der Waals surface area (Å²) >= 11 is 0. The molecule has 1 aliphatic heterocycles. The van der Waals surface area contributed by atoms with E-state index in [0.29, 0.717) is 0 Å². The van der Waals surface area contributed by atoms with Crippen LogP contribution in [0.2, 0.25) is 0 Å². The third kappa shape index (κ3) is 2.38. The largest absolute Gasteiger partial charge is 0.497 e. The second-order valence-electron chi connectivity index (χ2n) is 5.21. The van der Waals surface area contributed by atoms with Gasteiger partial charge >= 0.3 is 0 Å². The van der Waals surface area contributed by atoms with Gasteiger partial charge in [-0.15, -0.1) is 0 Å². The van der Waals surface area contributed by atoms with E-state index in [0.717, 1.165) is 25.2 Å². The molecule has 1 N–H and O–H groups in total. The van der Waals surface area contributed by atoms with Crippen LogP contribution >= 0.6 is 0 Å². The number of benzene rings is 1. The van der Waals surface area contributed by atoms with Crippen LogP contribution in [-0.4, -0.2) is 26.4 Å². The Morgan fingerprint density at radius 3 is 2.72 bits per heavy atom. The molecule has 0 aromatic heterocycles. The Balaban J connectivity index is 2.32. The van der Waals surface area contributed by atoms with E-state index in [1.807, 2.05) is 13.1 Å². The SMILES string of the molecule is CNC(c1ccc(OC)cc1C)C1(C)CCCO1. The fraction of sp³-hybridized carbons (Fsp3) is 0.600. The minimum atomic E-state index is -0.103. The highest BCUT2D eigenvalue weighted by molar-refractivity contribution is 5.38. The first-order chi connectivity index (χ1) is 8.60. The summed E-state index contributed by atoms with van der Waals surface area (Å²) < 4.78 is 11.2. The molecule has 18 heavy (non-hydrogen) atoms. The molecule has 1 saturated heterocycles. The normalized spacial score (nSPS) is 25.1. The van der Waals surface area contributed by atoms with Crippen molar-refractivity contribution < 1.29 is 9.47 Å². The van der Waals surface area contributed by atoms with Crippen LogP contribution in [0.4, 0.5) is 0 Å². The first-order valence-corrected chi connectivity index (χ1v) is 6.56. The lowest BCUT2D eigenvalue weighted by atomic mass is 9.86. The van der Waals surface area contributed by atoms with E-state index < -0.39 is 0 Å². The third-order valence-electron chi connectivity index (χ3n) is 3.94. The number of aryl methyl sites for hydroxylation is 1. The van der Waals surface area contributed by atoms with Crippen LogP contribution < -0.4 is 10.1 Å². The molecule has 0 bridgehead atoms. The van der Waals surface area contributed by atoms with Gasteiger partial charge in [0, 0.05) is 6.61 Å². The highest BCUT2D eigenvalue weighted by Gasteiger charge is 2.39. The van der Waals surface area contributed by atoms with Gasteiger partial charge in [0.2, 0.25) is 0 Å². The molecular formula is C15H23NO2. The van der Waals surface area contributed by atoms with Crippen molar-refractivity contribution in [1.82, 2.24) is 5.32 Å². The lowest BCUT2D eigenvalue weighted by molar-refractivity contribution is -0.0106. The van der Waals surface area contributed by atoms with Crippen LogP contribution in [0, 0.1) is 6.92 Å². The summed E-state index contributed by atoms with van der Waals surface area (Å²) in [5, 5.41) is 3.41. The fourth-order valence-electron chi connectivity index (χ4n) is 2.92. The van der Waals surface area contributed by atoms with Gasteiger partial charge in [0.1, 0.15) is 5.75 Å². The average molecular weight is 249 g/mol. The highest BCUT2D eigenvalue weighted by atomic mass is 16.5. The zero-order valence-corrected chi connectivity index (χ0v) is 11.7. The number of hydrogen-bond donors (Lipinski definition) is 1. The Hall–Kier alpha value is -1.06. The van der Waals surface area contributed by atoms with Crippen molar-refractivity contribution in [2.24, 2.45) is 0 Å². The van der Waals surface area contributed by atoms with Crippen molar-refractivity contribution >= 4 is 0 Å². The van der Waals surface area contributed by atoms with Gasteiger partial charge in [-0.3, -0.25) is 0 Å². The molecular weight excluding hydrogens is 226 g/mol. The number of likely N-dealkylation sites (N-methyl/N-ethyl adjacent to an activating group) is 1. The van der Waals surface area contributed by atoms with E-state index in [9.17, 15) is 0 Å². The second kappa shape index (κ2) is 5.29. The van der Waals surface area contributed by atoms with E-state index in [-0.39, 0.29) is 11.6 Å². The van der Waals surface area contributed by atoms with Crippen LogP contribution in [0.25, 0.3) is 0 Å². The Labute approximate surface area is 109 Å². The van der Waals surface area contributed by atoms with E-state index in [1.165, 1.54) is 11.1 Å². The lowest BCUT2D eigenvalue weighted by Gasteiger charge is -2.34. The summed E-state index contributed by atoms with van der Waals surface area (Å²) in [6.45, 7) is 5.19. The molecule has 3 heteroatoms. The van der Waals surface area contributed by atoms with Gasteiger partial charge in [0.25, 0.3) is 0 Å². The molecule has 3 nitrogen and oxygen atoms in total. The second-order valence-corrected chi connectivity index (χ2v) is 5.21. The zero-order chi connectivity index (χ0) is 13.2. The Kier molecular flexibility index (Phi) is 3.93. The third-order valence-corrected chi connectivity index (χ3v) is 3.94. The van der Waals surface area contributed by atoms with Gasteiger partial charge < -0.3 is 14.8 Å². The maximum Gasteiger partial charge on any atom is 0.119 e. The topological polar surface area (TPSA) is 30.5 Å². The van der Waals surface area contributed by atoms with Crippen LogP contribution in [0.5, 0.6) is 5.75 Å². The smallest absolute Gasteiger partial charge is 0.119 e. The first kappa shape index (κ1) is 13.4. The number of ether oxygens (including phenoxy) is 2. The van der Waals surface area contributed by atoms with Crippen LogP contribution in [-0.2, 0) is 4.74 Å². The molecule has 1 fully saturated rings. The van der Waals surface area contributed by atoms with Gasteiger partial charge in [-0.1, -0.05) is 6.07 Å². The van der Waals surface area contributed by atoms with Crippen molar-refractivity contribution in [2.75, 3.05) is 20.8 Å². The Bertz CT molecular complexity index is 411. The van der Waals surface area contributed by atoms with Crippen LogP contribution in [0.3, 0.4) is 0 Å². The van der Waals surface area contributed by atoms with Gasteiger partial charge in [-0.2, -0.15) is 0 Å². The van der Waals surface area contributed by atoms with E-state index in [4.69, 9.17) is 9.47 Å². The van der Waals surface area contributed by atoms with Gasteiger partial charge in [-0.25, -0.2) is 0 Å². The maximum atomic E-state index is 5.97. The number of methoxy groups -OCH3 is 1. The molecule has 0 saturated carbocycles. The highest BCUT2D eigenvalue weighted by Crippen LogP contribution is 2.38. The zero-order valence-electron chi connectivity index (χ0n) is 11.7. The van der Waals surface area contributed by atoms with E-state index in [1.54, 1.807) is 7.11 Å². The van der Waals surface area contributed by atoms with Crippen molar-refractivity contribution in [3.63, 3.8) is 0 Å². The van der Waals surface area contributed by atoms with Crippen LogP contribution in [0.1, 0.15) is 36.9 Å². The standard InChI is InChI=1S/C15H23NO2/c1-11-10-12(17-4)6-7-13(11)14(16-3)15(2)8-5-9-18-15/h6-7,10,14,16H,5,8-9H2,1-4H3. The number of rotatable bonds is 4. The minimum Gasteiger partial charge on any atom is -0.497 e. The number of nitrogens with one attached hydrogen (secondary N) is 1. The molecule has 2 unspecified atom stereocenters. The summed E-state index contributed by atoms with van der Waals surface area (Å²) in [5.41, 5.74) is 2.43. The maximum absolute atomic E-state index is 5.97. The quantitative estimate of drug-likeness (QED) is 0.890. The summed E-state index contributed by atoms with van der Waals surface area (Å²) in [7, 11) is 3.70. The first-order valence-electron chi connectivity index (χ1n) is 6.56. The number of hydrogen-bond acceptors (Lipinski definition) is 3. The average Bonchev–Trinajstić information content (AvgIpc) is 2.79. The molecule has 1 heterocycles. The predicted octanol–water partition coefficient (Wildman–Crippen LogP) is 2.83. The van der Waals surface area contributed by atoms with Crippen molar-refractivity contribution in [3.8, 4) is 5.75 Å². The van der Waals surface area contributed by atoms with Gasteiger partial charge in [-0.05, 0) is 57.0 Å². The molecule has 2 rings (SSSR count). The molecule has 0 radical (unpaired) electrons. The summed E-state index contributed by atoms with van der Waals surface area (Å²) in [6, 6.07) is 6.47. The predicted molar refractivity (Wildman–Crippen MR) is 73.1 cm³/mol. The van der Waals surface area contributed by atoms with Crippen molar-refractivity contribution in [2.45, 2.75) is 38.3 Å². The molecule has 1 aromatic rings. The molecule has 2 atom stereocenters.